The van der Waals surface area contributed by atoms with Gasteiger partial charge in [0.15, 0.2) is 0 Å². The van der Waals surface area contributed by atoms with Crippen LogP contribution in [0.25, 0.3) is 0 Å². The molecule has 0 spiro atoms. The van der Waals surface area contributed by atoms with Crippen molar-refractivity contribution < 1.29 is 0 Å². The fourth-order valence-electron chi connectivity index (χ4n) is 2.93. The molecule has 116 valence electrons. The normalized spacial score (nSPS) is 25.6. The zero-order chi connectivity index (χ0) is 14.1. The highest BCUT2D eigenvalue weighted by Gasteiger charge is 1.92. The molecule has 0 aliphatic heterocycles. The van der Waals surface area contributed by atoms with E-state index in [1.54, 1.807) is 0 Å². The van der Waals surface area contributed by atoms with Crippen molar-refractivity contribution in [1.82, 2.24) is 0 Å². The van der Waals surface area contributed by atoms with Gasteiger partial charge in [-0.3, -0.25) is 0 Å². The summed E-state index contributed by atoms with van der Waals surface area (Å²) in [7, 11) is 0. The van der Waals surface area contributed by atoms with Crippen LogP contribution in [0.3, 0.4) is 0 Å². The van der Waals surface area contributed by atoms with Gasteiger partial charge in [-0.2, -0.15) is 0 Å². The number of hydrogen-bond acceptors (Lipinski definition) is 0. The molecule has 0 aromatic heterocycles. The first-order valence-electron chi connectivity index (χ1n) is 9.30. The van der Waals surface area contributed by atoms with Crippen LogP contribution in [0.5, 0.6) is 0 Å². The molecule has 1 rings (SSSR count). The van der Waals surface area contributed by atoms with Gasteiger partial charge in [-0.1, -0.05) is 75.7 Å². The van der Waals surface area contributed by atoms with Crippen LogP contribution < -0.4 is 0 Å². The Bertz CT molecular complexity index is 186. The van der Waals surface area contributed by atoms with Crippen LogP contribution in [0.2, 0.25) is 0 Å². The van der Waals surface area contributed by atoms with E-state index in [1.165, 1.54) is 103 Å². The lowest BCUT2D eigenvalue weighted by atomic mass is 10.1. The lowest BCUT2D eigenvalue weighted by Gasteiger charge is -2.01. The second kappa shape index (κ2) is 14.9. The van der Waals surface area contributed by atoms with Crippen LogP contribution in [0.4, 0.5) is 0 Å². The van der Waals surface area contributed by atoms with E-state index >= 15 is 0 Å². The van der Waals surface area contributed by atoms with E-state index in [9.17, 15) is 0 Å². The third-order valence-electron chi connectivity index (χ3n) is 4.32. The average molecular weight is 277 g/mol. The van der Waals surface area contributed by atoms with Gasteiger partial charge < -0.3 is 0 Å². The molecule has 0 saturated carbocycles. The lowest BCUT2D eigenvalue weighted by molar-refractivity contribution is 0.592. The molecular formula is C20H36. The highest BCUT2D eigenvalue weighted by molar-refractivity contribution is 4.82. The third-order valence-corrected chi connectivity index (χ3v) is 4.32. The molecule has 0 heterocycles. The van der Waals surface area contributed by atoms with Gasteiger partial charge in [-0.05, 0) is 51.4 Å². The molecule has 0 unspecified atom stereocenters. The molecule has 1 aliphatic rings. The summed E-state index contributed by atoms with van der Waals surface area (Å²) in [4.78, 5) is 0. The Hall–Kier alpha value is -0.520. The van der Waals surface area contributed by atoms with E-state index in [-0.39, 0.29) is 0 Å². The Labute approximate surface area is 127 Å². The molecule has 0 aromatic rings. The van der Waals surface area contributed by atoms with Crippen molar-refractivity contribution in [2.45, 2.75) is 103 Å². The van der Waals surface area contributed by atoms with Crippen LogP contribution in [-0.2, 0) is 0 Å². The first kappa shape index (κ1) is 17.5. The monoisotopic (exact) mass is 276 g/mol. The SMILES string of the molecule is C1=C\CCCCCCCC/C=C/CCCCCCCC/1. The topological polar surface area (TPSA) is 0 Å². The fourth-order valence-corrected chi connectivity index (χ4v) is 2.93. The van der Waals surface area contributed by atoms with E-state index in [4.69, 9.17) is 0 Å². The second-order valence-electron chi connectivity index (χ2n) is 6.34. The number of allylic oxidation sites excluding steroid dienone is 4. The van der Waals surface area contributed by atoms with Crippen molar-refractivity contribution in [3.05, 3.63) is 24.3 Å². The van der Waals surface area contributed by atoms with E-state index in [2.05, 4.69) is 24.3 Å². The summed E-state index contributed by atoms with van der Waals surface area (Å²) in [6, 6.07) is 0. The molecule has 0 amide bonds. The molecular weight excluding hydrogens is 240 g/mol. The summed E-state index contributed by atoms with van der Waals surface area (Å²) in [6.07, 6.45) is 32.0. The summed E-state index contributed by atoms with van der Waals surface area (Å²) in [5, 5.41) is 0. The van der Waals surface area contributed by atoms with Gasteiger partial charge in [0, 0.05) is 0 Å². The molecule has 0 heteroatoms. The maximum absolute atomic E-state index is 2.42. The van der Waals surface area contributed by atoms with Crippen molar-refractivity contribution in [1.29, 1.82) is 0 Å². The Morgan fingerprint density at radius 1 is 0.250 bits per heavy atom. The predicted octanol–water partition coefficient (Wildman–Crippen LogP) is 7.35. The Kier molecular flexibility index (Phi) is 13.0. The number of hydrogen-bond donors (Lipinski definition) is 0. The van der Waals surface area contributed by atoms with E-state index in [1.807, 2.05) is 0 Å². The fraction of sp³-hybridized carbons (Fsp3) is 0.800. The molecule has 0 N–H and O–H groups in total. The second-order valence-corrected chi connectivity index (χ2v) is 6.34. The smallest absolute Gasteiger partial charge is 0.0351 e. The van der Waals surface area contributed by atoms with Crippen molar-refractivity contribution in [3.8, 4) is 0 Å². The van der Waals surface area contributed by atoms with Crippen molar-refractivity contribution >= 4 is 0 Å². The molecule has 0 radical (unpaired) electrons. The highest BCUT2D eigenvalue weighted by Crippen LogP contribution is 2.12. The largest absolute Gasteiger partial charge is 0.0885 e. The minimum Gasteiger partial charge on any atom is -0.0885 e. The maximum atomic E-state index is 2.42. The zero-order valence-electron chi connectivity index (χ0n) is 13.6. The van der Waals surface area contributed by atoms with Gasteiger partial charge in [0.05, 0.1) is 0 Å². The van der Waals surface area contributed by atoms with Gasteiger partial charge in [-0.25, -0.2) is 0 Å². The minimum atomic E-state index is 1.31. The van der Waals surface area contributed by atoms with E-state index in [0.717, 1.165) is 0 Å². The van der Waals surface area contributed by atoms with Gasteiger partial charge in [0.1, 0.15) is 0 Å². The van der Waals surface area contributed by atoms with Crippen LogP contribution in [0, 0.1) is 0 Å². The minimum absolute atomic E-state index is 1.31. The number of rotatable bonds is 0. The van der Waals surface area contributed by atoms with E-state index < -0.39 is 0 Å². The van der Waals surface area contributed by atoms with Gasteiger partial charge >= 0.3 is 0 Å². The zero-order valence-corrected chi connectivity index (χ0v) is 13.6. The third kappa shape index (κ3) is 12.5. The Morgan fingerprint density at radius 3 is 0.700 bits per heavy atom. The van der Waals surface area contributed by atoms with Gasteiger partial charge in [0.2, 0.25) is 0 Å². The molecule has 1 aliphatic carbocycles. The standard InChI is InChI=1S/C20H36/c1-2-4-6-8-10-12-14-16-18-20-19-17-15-13-11-9-7-5-3-1/h1-2,19-20H,3-18H2/b2-1-,20-19+. The summed E-state index contributed by atoms with van der Waals surface area (Å²) >= 11 is 0. The highest BCUT2D eigenvalue weighted by atomic mass is 14.0. The molecule has 0 saturated heterocycles. The quantitative estimate of drug-likeness (QED) is 0.405. The molecule has 0 fully saturated rings. The molecule has 0 bridgehead atoms. The Morgan fingerprint density at radius 2 is 0.450 bits per heavy atom. The first-order valence-corrected chi connectivity index (χ1v) is 9.30. The van der Waals surface area contributed by atoms with Crippen LogP contribution >= 0.6 is 0 Å². The summed E-state index contributed by atoms with van der Waals surface area (Å²) in [5.74, 6) is 0. The molecule has 0 nitrogen and oxygen atoms in total. The Balaban J connectivity index is 2.11. The summed E-state index contributed by atoms with van der Waals surface area (Å²) < 4.78 is 0. The maximum Gasteiger partial charge on any atom is -0.0351 e. The summed E-state index contributed by atoms with van der Waals surface area (Å²) in [6.45, 7) is 0. The van der Waals surface area contributed by atoms with Crippen LogP contribution in [0.15, 0.2) is 24.3 Å². The van der Waals surface area contributed by atoms with E-state index in [0.29, 0.717) is 0 Å². The molecule has 20 heavy (non-hydrogen) atoms. The van der Waals surface area contributed by atoms with Gasteiger partial charge in [-0.15, -0.1) is 0 Å². The molecule has 0 atom stereocenters. The average Bonchev–Trinajstić information content (AvgIpc) is 2.46. The van der Waals surface area contributed by atoms with Crippen molar-refractivity contribution in [3.63, 3.8) is 0 Å². The van der Waals surface area contributed by atoms with Crippen LogP contribution in [-0.4, -0.2) is 0 Å². The predicted molar refractivity (Wildman–Crippen MR) is 92.2 cm³/mol. The van der Waals surface area contributed by atoms with Gasteiger partial charge in [0.25, 0.3) is 0 Å². The molecule has 0 aromatic carbocycles. The summed E-state index contributed by atoms with van der Waals surface area (Å²) in [5.41, 5.74) is 0. The van der Waals surface area contributed by atoms with Crippen LogP contribution in [0.1, 0.15) is 103 Å². The van der Waals surface area contributed by atoms with Crippen molar-refractivity contribution in [2.75, 3.05) is 0 Å². The lowest BCUT2D eigenvalue weighted by Crippen LogP contribution is -1.81. The van der Waals surface area contributed by atoms with Crippen molar-refractivity contribution in [2.24, 2.45) is 0 Å². The first-order chi connectivity index (χ1) is 10.0.